The molecule has 3 N–H and O–H groups in total. The van der Waals surface area contributed by atoms with Gasteiger partial charge in [-0.05, 0) is 32.1 Å². The molecule has 126 valence electrons. The van der Waals surface area contributed by atoms with E-state index in [1.54, 1.807) is 6.33 Å². The molecule has 1 saturated carbocycles. The van der Waals surface area contributed by atoms with Gasteiger partial charge in [0.05, 0.1) is 6.04 Å². The SMILES string of the molecule is O=C(Nc1ncn(C2CCCCC2)n1)NC1CCCCNC1=O. The Kier molecular flexibility index (Phi) is 5.09. The van der Waals surface area contributed by atoms with Crippen LogP contribution in [0.3, 0.4) is 0 Å². The molecule has 3 amide bonds. The lowest BCUT2D eigenvalue weighted by molar-refractivity contribution is -0.122. The van der Waals surface area contributed by atoms with Crippen LogP contribution in [0.2, 0.25) is 0 Å². The van der Waals surface area contributed by atoms with Gasteiger partial charge in [0.2, 0.25) is 11.9 Å². The van der Waals surface area contributed by atoms with E-state index in [2.05, 4.69) is 26.0 Å². The number of nitrogens with zero attached hydrogens (tertiary/aromatic N) is 3. The number of hydrogen-bond acceptors (Lipinski definition) is 4. The summed E-state index contributed by atoms with van der Waals surface area (Å²) < 4.78 is 1.84. The van der Waals surface area contributed by atoms with Gasteiger partial charge in [0.15, 0.2) is 0 Å². The first-order chi connectivity index (χ1) is 11.2. The molecule has 3 rings (SSSR count). The van der Waals surface area contributed by atoms with Crippen LogP contribution in [0.15, 0.2) is 6.33 Å². The minimum atomic E-state index is -0.488. The summed E-state index contributed by atoms with van der Waals surface area (Å²) in [4.78, 5) is 28.0. The van der Waals surface area contributed by atoms with E-state index in [9.17, 15) is 9.59 Å². The number of hydrogen-bond donors (Lipinski definition) is 3. The lowest BCUT2D eigenvalue weighted by Crippen LogP contribution is -2.47. The maximum atomic E-state index is 12.0. The smallest absolute Gasteiger partial charge is 0.322 e. The van der Waals surface area contributed by atoms with Crippen molar-refractivity contribution in [1.29, 1.82) is 0 Å². The third kappa shape index (κ3) is 4.20. The van der Waals surface area contributed by atoms with Crippen LogP contribution >= 0.6 is 0 Å². The van der Waals surface area contributed by atoms with Crippen LogP contribution in [0.25, 0.3) is 0 Å². The highest BCUT2D eigenvalue weighted by Gasteiger charge is 2.23. The van der Waals surface area contributed by atoms with Crippen molar-refractivity contribution >= 4 is 17.9 Å². The van der Waals surface area contributed by atoms with Crippen molar-refractivity contribution in [2.75, 3.05) is 11.9 Å². The van der Waals surface area contributed by atoms with E-state index in [0.29, 0.717) is 19.0 Å². The van der Waals surface area contributed by atoms with E-state index in [1.807, 2.05) is 4.68 Å². The summed E-state index contributed by atoms with van der Waals surface area (Å²) in [6.07, 6.45) is 10.1. The molecule has 1 aromatic rings. The molecule has 8 heteroatoms. The van der Waals surface area contributed by atoms with E-state index in [4.69, 9.17) is 0 Å². The van der Waals surface area contributed by atoms with Gasteiger partial charge in [0.1, 0.15) is 12.4 Å². The van der Waals surface area contributed by atoms with Crippen LogP contribution in [0.5, 0.6) is 0 Å². The first-order valence-electron chi connectivity index (χ1n) is 8.49. The fourth-order valence-electron chi connectivity index (χ4n) is 3.23. The standard InChI is InChI=1S/C15H24N6O2/c22-13-12(8-4-5-9-16-13)18-15(23)19-14-17-10-21(20-14)11-6-2-1-3-7-11/h10-12H,1-9H2,(H,16,22)(H2,18,19,20,23). The minimum Gasteiger partial charge on any atom is -0.354 e. The second-order valence-electron chi connectivity index (χ2n) is 6.28. The topological polar surface area (TPSA) is 101 Å². The quantitative estimate of drug-likeness (QED) is 0.787. The Balaban J connectivity index is 1.53. The Morgan fingerprint density at radius 2 is 1.96 bits per heavy atom. The predicted octanol–water partition coefficient (Wildman–Crippen LogP) is 1.57. The number of carbonyl (C=O) groups is 2. The molecule has 1 atom stereocenters. The predicted molar refractivity (Wildman–Crippen MR) is 84.9 cm³/mol. The molecule has 1 aliphatic carbocycles. The van der Waals surface area contributed by atoms with E-state index < -0.39 is 12.1 Å². The number of aromatic nitrogens is 3. The van der Waals surface area contributed by atoms with Crippen molar-refractivity contribution < 1.29 is 9.59 Å². The third-order valence-electron chi connectivity index (χ3n) is 4.52. The van der Waals surface area contributed by atoms with Gasteiger partial charge in [-0.1, -0.05) is 19.3 Å². The van der Waals surface area contributed by atoms with Crippen molar-refractivity contribution in [2.45, 2.75) is 63.5 Å². The largest absolute Gasteiger partial charge is 0.354 e. The first-order valence-corrected chi connectivity index (χ1v) is 8.49. The fourth-order valence-corrected chi connectivity index (χ4v) is 3.23. The number of amides is 3. The van der Waals surface area contributed by atoms with E-state index in [0.717, 1.165) is 25.7 Å². The second-order valence-corrected chi connectivity index (χ2v) is 6.28. The molecule has 1 unspecified atom stereocenters. The van der Waals surface area contributed by atoms with Gasteiger partial charge in [-0.3, -0.25) is 10.1 Å². The molecule has 2 aliphatic rings. The van der Waals surface area contributed by atoms with Gasteiger partial charge in [0, 0.05) is 6.54 Å². The monoisotopic (exact) mass is 320 g/mol. The van der Waals surface area contributed by atoms with Gasteiger partial charge >= 0.3 is 6.03 Å². The van der Waals surface area contributed by atoms with Crippen molar-refractivity contribution in [3.8, 4) is 0 Å². The molecule has 2 fully saturated rings. The Labute approximate surface area is 135 Å². The highest BCUT2D eigenvalue weighted by molar-refractivity contribution is 5.92. The summed E-state index contributed by atoms with van der Waals surface area (Å²) >= 11 is 0. The summed E-state index contributed by atoms with van der Waals surface area (Å²) in [5.74, 6) is 0.153. The van der Waals surface area contributed by atoms with Gasteiger partial charge in [-0.25, -0.2) is 14.5 Å². The van der Waals surface area contributed by atoms with E-state index in [-0.39, 0.29) is 11.9 Å². The summed E-state index contributed by atoms with van der Waals surface area (Å²) in [6.45, 7) is 0.673. The molecule has 1 aromatic heterocycles. The van der Waals surface area contributed by atoms with Gasteiger partial charge in [-0.2, -0.15) is 0 Å². The maximum absolute atomic E-state index is 12.0. The molecule has 1 aliphatic heterocycles. The molecule has 0 radical (unpaired) electrons. The van der Waals surface area contributed by atoms with Gasteiger partial charge < -0.3 is 10.6 Å². The Hall–Kier alpha value is -2.12. The van der Waals surface area contributed by atoms with Crippen molar-refractivity contribution in [3.63, 3.8) is 0 Å². The van der Waals surface area contributed by atoms with E-state index in [1.165, 1.54) is 19.3 Å². The van der Waals surface area contributed by atoms with Crippen LogP contribution in [-0.2, 0) is 4.79 Å². The Bertz CT molecular complexity index is 552. The van der Waals surface area contributed by atoms with Crippen molar-refractivity contribution in [2.24, 2.45) is 0 Å². The van der Waals surface area contributed by atoms with Crippen molar-refractivity contribution in [1.82, 2.24) is 25.4 Å². The first kappa shape index (κ1) is 15.8. The lowest BCUT2D eigenvalue weighted by atomic mass is 9.96. The van der Waals surface area contributed by atoms with Crippen LogP contribution in [0, 0.1) is 0 Å². The van der Waals surface area contributed by atoms with Crippen LogP contribution in [-0.4, -0.2) is 39.3 Å². The van der Waals surface area contributed by atoms with Crippen molar-refractivity contribution in [3.05, 3.63) is 6.33 Å². The average molecular weight is 320 g/mol. The third-order valence-corrected chi connectivity index (χ3v) is 4.52. The number of carbonyl (C=O) groups excluding carboxylic acids is 2. The normalized spacial score (nSPS) is 23.0. The highest BCUT2D eigenvalue weighted by atomic mass is 16.2. The maximum Gasteiger partial charge on any atom is 0.322 e. The number of urea groups is 1. The molecule has 1 saturated heterocycles. The zero-order valence-corrected chi connectivity index (χ0v) is 13.3. The molecule has 0 bridgehead atoms. The zero-order valence-electron chi connectivity index (χ0n) is 13.3. The van der Waals surface area contributed by atoms with Gasteiger partial charge in [0.25, 0.3) is 0 Å². The van der Waals surface area contributed by atoms with Crippen LogP contribution in [0.4, 0.5) is 10.7 Å². The summed E-state index contributed by atoms with van der Waals surface area (Å²) in [6, 6.07) is -0.547. The molecule has 2 heterocycles. The number of rotatable bonds is 3. The molecule has 23 heavy (non-hydrogen) atoms. The fraction of sp³-hybridized carbons (Fsp3) is 0.733. The van der Waals surface area contributed by atoms with E-state index >= 15 is 0 Å². The Morgan fingerprint density at radius 3 is 2.78 bits per heavy atom. The average Bonchev–Trinajstić information content (AvgIpc) is 2.93. The molecular weight excluding hydrogens is 296 g/mol. The number of nitrogens with one attached hydrogen (secondary N) is 3. The minimum absolute atomic E-state index is 0.127. The molecular formula is C15H24N6O2. The van der Waals surface area contributed by atoms with Gasteiger partial charge in [-0.15, -0.1) is 5.10 Å². The summed E-state index contributed by atoms with van der Waals surface area (Å²) in [5.41, 5.74) is 0. The zero-order chi connectivity index (χ0) is 16.1. The Morgan fingerprint density at radius 1 is 1.17 bits per heavy atom. The van der Waals surface area contributed by atoms with Crippen LogP contribution < -0.4 is 16.0 Å². The second kappa shape index (κ2) is 7.43. The van der Waals surface area contributed by atoms with Crippen LogP contribution in [0.1, 0.15) is 57.4 Å². The molecule has 0 aromatic carbocycles. The summed E-state index contributed by atoms with van der Waals surface area (Å²) in [7, 11) is 0. The lowest BCUT2D eigenvalue weighted by Gasteiger charge is -2.21. The summed E-state index contributed by atoms with van der Waals surface area (Å²) in [5, 5.41) is 12.4. The molecule has 0 spiro atoms. The number of anilines is 1. The highest BCUT2D eigenvalue weighted by Crippen LogP contribution is 2.27. The molecule has 8 nitrogen and oxygen atoms in total.